The maximum Gasteiger partial charge on any atom is 0.349 e. The highest BCUT2D eigenvalue weighted by Crippen LogP contribution is 2.31. The summed E-state index contributed by atoms with van der Waals surface area (Å²) in [5, 5.41) is 10.8. The van der Waals surface area contributed by atoms with Gasteiger partial charge in [-0.05, 0) is 30.3 Å². The Morgan fingerprint density at radius 1 is 1.17 bits per heavy atom. The summed E-state index contributed by atoms with van der Waals surface area (Å²) in [7, 11) is 1.37. The van der Waals surface area contributed by atoms with Crippen LogP contribution in [0.15, 0.2) is 46.9 Å². The van der Waals surface area contributed by atoms with E-state index < -0.39 is 10.9 Å². The first-order valence-electron chi connectivity index (χ1n) is 6.41. The van der Waals surface area contributed by atoms with E-state index in [1.54, 1.807) is 24.3 Å². The molecule has 0 amide bonds. The van der Waals surface area contributed by atoms with Crippen LogP contribution >= 0.6 is 15.9 Å². The van der Waals surface area contributed by atoms with Crippen LogP contribution in [0.5, 0.6) is 17.2 Å². The highest BCUT2D eigenvalue weighted by atomic mass is 79.9. The maximum atomic E-state index is 11.8. The van der Waals surface area contributed by atoms with E-state index in [2.05, 4.69) is 15.9 Å². The number of non-ortho nitro benzene ring substituents is 1. The summed E-state index contributed by atoms with van der Waals surface area (Å²) >= 11 is 3.29. The number of esters is 1. The van der Waals surface area contributed by atoms with Crippen molar-refractivity contribution in [1.29, 1.82) is 0 Å². The van der Waals surface area contributed by atoms with Crippen molar-refractivity contribution in [2.45, 2.75) is 0 Å². The molecule has 120 valence electrons. The van der Waals surface area contributed by atoms with Crippen molar-refractivity contribution in [3.63, 3.8) is 0 Å². The molecule has 7 nitrogen and oxygen atoms in total. The van der Waals surface area contributed by atoms with Crippen LogP contribution in [-0.2, 0) is 4.79 Å². The van der Waals surface area contributed by atoms with Gasteiger partial charge in [0.1, 0.15) is 5.75 Å². The molecule has 0 N–H and O–H groups in total. The van der Waals surface area contributed by atoms with Crippen molar-refractivity contribution in [3.05, 3.63) is 57.1 Å². The van der Waals surface area contributed by atoms with E-state index in [9.17, 15) is 14.9 Å². The molecule has 0 heterocycles. The number of carbonyl (C=O) groups is 1. The molecule has 0 bridgehead atoms. The second kappa shape index (κ2) is 7.59. The zero-order valence-electron chi connectivity index (χ0n) is 12.0. The van der Waals surface area contributed by atoms with Gasteiger partial charge in [0, 0.05) is 10.5 Å². The smallest absolute Gasteiger partial charge is 0.349 e. The number of carbonyl (C=O) groups excluding carboxylic acids is 1. The van der Waals surface area contributed by atoms with Crippen LogP contribution in [0.1, 0.15) is 0 Å². The van der Waals surface area contributed by atoms with Crippen molar-refractivity contribution < 1.29 is 23.9 Å². The molecule has 0 spiro atoms. The Labute approximate surface area is 140 Å². The molecule has 8 heteroatoms. The first-order valence-corrected chi connectivity index (χ1v) is 7.20. The van der Waals surface area contributed by atoms with E-state index in [1.807, 2.05) is 0 Å². The number of nitro benzene ring substituents is 1. The van der Waals surface area contributed by atoms with E-state index in [0.717, 1.165) is 10.5 Å². The molecule has 0 aliphatic heterocycles. The fourth-order valence-corrected chi connectivity index (χ4v) is 1.95. The lowest BCUT2D eigenvalue weighted by atomic mass is 10.3. The Morgan fingerprint density at radius 3 is 2.48 bits per heavy atom. The molecular weight excluding hydrogens is 370 g/mol. The molecule has 0 radical (unpaired) electrons. The van der Waals surface area contributed by atoms with Gasteiger partial charge in [-0.1, -0.05) is 15.9 Å². The predicted molar refractivity (Wildman–Crippen MR) is 84.9 cm³/mol. The van der Waals surface area contributed by atoms with E-state index >= 15 is 0 Å². The topological polar surface area (TPSA) is 87.9 Å². The minimum atomic E-state index is -0.702. The number of halogens is 1. The lowest BCUT2D eigenvalue weighted by Crippen LogP contribution is -2.18. The fourth-order valence-electron chi connectivity index (χ4n) is 1.68. The lowest BCUT2D eigenvalue weighted by molar-refractivity contribution is -0.384. The van der Waals surface area contributed by atoms with E-state index in [-0.39, 0.29) is 23.8 Å². The second-order valence-corrected chi connectivity index (χ2v) is 5.22. The number of hydrogen-bond acceptors (Lipinski definition) is 6. The van der Waals surface area contributed by atoms with E-state index in [0.29, 0.717) is 5.75 Å². The van der Waals surface area contributed by atoms with Crippen LogP contribution in [-0.4, -0.2) is 24.6 Å². The van der Waals surface area contributed by atoms with Crippen molar-refractivity contribution in [2.24, 2.45) is 0 Å². The number of nitrogens with zero attached hydrogens (tertiary/aromatic N) is 1. The Morgan fingerprint density at radius 2 is 1.87 bits per heavy atom. The molecule has 0 unspecified atom stereocenters. The SMILES string of the molecule is COc1ccc([N+](=O)[O-])cc1OC(=O)COc1ccc(Br)cc1. The molecule has 0 saturated heterocycles. The Hall–Kier alpha value is -2.61. The van der Waals surface area contributed by atoms with Gasteiger partial charge in [-0.3, -0.25) is 10.1 Å². The monoisotopic (exact) mass is 381 g/mol. The quantitative estimate of drug-likeness (QED) is 0.330. The first kappa shape index (κ1) is 16.8. The molecule has 0 aromatic heterocycles. The van der Waals surface area contributed by atoms with Crippen LogP contribution in [0.25, 0.3) is 0 Å². The van der Waals surface area contributed by atoms with Crippen molar-refractivity contribution in [3.8, 4) is 17.2 Å². The van der Waals surface area contributed by atoms with Crippen LogP contribution < -0.4 is 14.2 Å². The van der Waals surface area contributed by atoms with Crippen LogP contribution in [0.4, 0.5) is 5.69 Å². The number of rotatable bonds is 6. The number of methoxy groups -OCH3 is 1. The van der Waals surface area contributed by atoms with Gasteiger partial charge in [-0.2, -0.15) is 0 Å². The van der Waals surface area contributed by atoms with Gasteiger partial charge in [-0.15, -0.1) is 0 Å². The molecule has 0 aliphatic rings. The molecule has 0 fully saturated rings. The summed E-state index contributed by atoms with van der Waals surface area (Å²) in [6.45, 7) is -0.340. The first-order chi connectivity index (χ1) is 11.0. The highest BCUT2D eigenvalue weighted by Gasteiger charge is 2.16. The zero-order chi connectivity index (χ0) is 16.8. The molecular formula is C15H12BrNO6. The standard InChI is InChI=1S/C15H12BrNO6/c1-21-13-7-4-11(17(19)20)8-14(13)23-15(18)9-22-12-5-2-10(16)3-6-12/h2-8H,9H2,1H3. The molecule has 2 aromatic carbocycles. The normalized spacial score (nSPS) is 10.0. The molecule has 0 aliphatic carbocycles. The number of ether oxygens (including phenoxy) is 3. The summed E-state index contributed by atoms with van der Waals surface area (Å²) in [6, 6.07) is 10.6. The summed E-state index contributed by atoms with van der Waals surface area (Å²) in [4.78, 5) is 22.0. The van der Waals surface area contributed by atoms with Gasteiger partial charge in [0.25, 0.3) is 5.69 Å². The van der Waals surface area contributed by atoms with E-state index in [4.69, 9.17) is 14.2 Å². The van der Waals surface area contributed by atoms with Gasteiger partial charge in [0.15, 0.2) is 18.1 Å². The second-order valence-electron chi connectivity index (χ2n) is 4.31. The van der Waals surface area contributed by atoms with E-state index in [1.165, 1.54) is 19.2 Å². The van der Waals surface area contributed by atoms with Gasteiger partial charge in [0.05, 0.1) is 18.1 Å². The van der Waals surface area contributed by atoms with Crippen LogP contribution in [0.3, 0.4) is 0 Å². The third-order valence-corrected chi connectivity index (χ3v) is 3.28. The van der Waals surface area contributed by atoms with Crippen LogP contribution in [0, 0.1) is 10.1 Å². The number of hydrogen-bond donors (Lipinski definition) is 0. The maximum absolute atomic E-state index is 11.8. The minimum absolute atomic E-state index is 0.0360. The molecule has 0 saturated carbocycles. The number of benzene rings is 2. The Balaban J connectivity index is 2.02. The predicted octanol–water partition coefficient (Wildman–Crippen LogP) is 3.35. The molecule has 23 heavy (non-hydrogen) atoms. The Bertz CT molecular complexity index is 716. The van der Waals surface area contributed by atoms with Gasteiger partial charge in [-0.25, -0.2) is 4.79 Å². The summed E-state index contributed by atoms with van der Waals surface area (Å²) in [5.74, 6) is -0.0263. The highest BCUT2D eigenvalue weighted by molar-refractivity contribution is 9.10. The van der Waals surface area contributed by atoms with Gasteiger partial charge < -0.3 is 14.2 Å². The van der Waals surface area contributed by atoms with Gasteiger partial charge in [0.2, 0.25) is 0 Å². The average molecular weight is 382 g/mol. The average Bonchev–Trinajstić information content (AvgIpc) is 2.54. The summed E-state index contributed by atoms with van der Waals surface area (Å²) in [6.07, 6.45) is 0. The van der Waals surface area contributed by atoms with Gasteiger partial charge >= 0.3 is 5.97 Å². The van der Waals surface area contributed by atoms with Crippen molar-refractivity contribution in [1.82, 2.24) is 0 Å². The number of nitro groups is 1. The summed E-state index contributed by atoms with van der Waals surface area (Å²) in [5.41, 5.74) is -0.206. The largest absolute Gasteiger partial charge is 0.493 e. The zero-order valence-corrected chi connectivity index (χ0v) is 13.6. The third-order valence-electron chi connectivity index (χ3n) is 2.75. The fraction of sp³-hybridized carbons (Fsp3) is 0.133. The molecule has 2 aromatic rings. The Kier molecular flexibility index (Phi) is 5.53. The molecule has 0 atom stereocenters. The third kappa shape index (κ3) is 4.68. The minimum Gasteiger partial charge on any atom is -0.493 e. The summed E-state index contributed by atoms with van der Waals surface area (Å²) < 4.78 is 16.2. The van der Waals surface area contributed by atoms with Crippen molar-refractivity contribution in [2.75, 3.05) is 13.7 Å². The lowest BCUT2D eigenvalue weighted by Gasteiger charge is -2.09. The van der Waals surface area contributed by atoms with Crippen LogP contribution in [0.2, 0.25) is 0 Å². The molecule has 2 rings (SSSR count). The van der Waals surface area contributed by atoms with Crippen molar-refractivity contribution >= 4 is 27.6 Å².